The molecule has 0 radical (unpaired) electrons. The predicted octanol–water partition coefficient (Wildman–Crippen LogP) is 4.78. The van der Waals surface area contributed by atoms with E-state index in [9.17, 15) is 19.2 Å². The fourth-order valence-electron chi connectivity index (χ4n) is 4.53. The summed E-state index contributed by atoms with van der Waals surface area (Å²) >= 11 is 0. The Morgan fingerprint density at radius 3 is 2.39 bits per heavy atom. The van der Waals surface area contributed by atoms with Gasteiger partial charge in [0.1, 0.15) is 23.3 Å². The Balaban J connectivity index is 1.77. The van der Waals surface area contributed by atoms with Crippen molar-refractivity contribution in [2.24, 2.45) is 7.05 Å². The Morgan fingerprint density at radius 2 is 1.75 bits per heavy atom. The third-order valence-corrected chi connectivity index (χ3v) is 6.43. The van der Waals surface area contributed by atoms with Crippen molar-refractivity contribution in [1.82, 2.24) is 19.0 Å². The molecule has 0 unspecified atom stereocenters. The van der Waals surface area contributed by atoms with Crippen LogP contribution in [0.15, 0.2) is 77.4 Å². The Kier molecular flexibility index (Phi) is 5.61. The second-order valence-corrected chi connectivity index (χ2v) is 8.47. The lowest BCUT2D eigenvalue weighted by atomic mass is 9.94. The van der Waals surface area contributed by atoms with Crippen molar-refractivity contribution in [2.45, 2.75) is 13.8 Å². The van der Waals surface area contributed by atoms with E-state index in [1.54, 1.807) is 32.1 Å². The van der Waals surface area contributed by atoms with E-state index in [1.165, 1.54) is 12.1 Å². The van der Waals surface area contributed by atoms with Crippen LogP contribution in [0.4, 0.5) is 4.39 Å². The molecule has 0 atom stereocenters. The Bertz CT molecular complexity index is 1630. The SMILES string of the molecule is CCN1C(=O)C(C#N)=C(C)/C(=C/c2cc3c(nc(-c4ccc(F)cc4)n3C)n2-c2ccccc2)C1=O. The van der Waals surface area contributed by atoms with Gasteiger partial charge < -0.3 is 4.57 Å². The van der Waals surface area contributed by atoms with Gasteiger partial charge in [0.05, 0.1) is 11.2 Å². The summed E-state index contributed by atoms with van der Waals surface area (Å²) in [5, 5.41) is 9.59. The first-order chi connectivity index (χ1) is 17.3. The summed E-state index contributed by atoms with van der Waals surface area (Å²) in [6.45, 7) is 3.48. The Hall–Kier alpha value is -4.77. The number of fused-ring (bicyclic) bond motifs is 1. The second-order valence-electron chi connectivity index (χ2n) is 8.47. The summed E-state index contributed by atoms with van der Waals surface area (Å²) in [5.41, 5.74) is 4.33. The number of amides is 2. The zero-order valence-electron chi connectivity index (χ0n) is 20.0. The van der Waals surface area contributed by atoms with Gasteiger partial charge in [0.25, 0.3) is 11.8 Å². The van der Waals surface area contributed by atoms with E-state index < -0.39 is 11.8 Å². The Labute approximate surface area is 207 Å². The Morgan fingerprint density at radius 1 is 1.06 bits per heavy atom. The number of hydrogen-bond acceptors (Lipinski definition) is 4. The van der Waals surface area contributed by atoms with Crippen molar-refractivity contribution in [2.75, 3.05) is 6.54 Å². The fourth-order valence-corrected chi connectivity index (χ4v) is 4.53. The van der Waals surface area contributed by atoms with Crippen LogP contribution in [0.5, 0.6) is 0 Å². The van der Waals surface area contributed by atoms with Crippen LogP contribution >= 0.6 is 0 Å². The van der Waals surface area contributed by atoms with Crippen LogP contribution in [0.3, 0.4) is 0 Å². The van der Waals surface area contributed by atoms with E-state index in [1.807, 2.05) is 58.6 Å². The van der Waals surface area contributed by atoms with Crippen LogP contribution in [-0.2, 0) is 16.6 Å². The maximum Gasteiger partial charge on any atom is 0.271 e. The molecular weight excluding hydrogens is 457 g/mol. The van der Waals surface area contributed by atoms with Crippen molar-refractivity contribution in [3.8, 4) is 23.1 Å². The van der Waals surface area contributed by atoms with Gasteiger partial charge in [-0.05, 0) is 68.0 Å². The summed E-state index contributed by atoms with van der Waals surface area (Å²) in [6, 6.07) is 19.6. The second kappa shape index (κ2) is 8.78. The van der Waals surface area contributed by atoms with E-state index in [2.05, 4.69) is 0 Å². The van der Waals surface area contributed by atoms with Crippen LogP contribution < -0.4 is 0 Å². The van der Waals surface area contributed by atoms with E-state index in [0.29, 0.717) is 22.7 Å². The van der Waals surface area contributed by atoms with Gasteiger partial charge in [-0.15, -0.1) is 0 Å². The molecule has 36 heavy (non-hydrogen) atoms. The minimum Gasteiger partial charge on any atom is -0.326 e. The molecule has 1 aliphatic heterocycles. The van der Waals surface area contributed by atoms with E-state index >= 15 is 0 Å². The number of benzene rings is 2. The molecule has 2 aromatic carbocycles. The number of hydrogen-bond donors (Lipinski definition) is 0. The molecule has 2 amide bonds. The summed E-state index contributed by atoms with van der Waals surface area (Å²) in [7, 11) is 1.88. The van der Waals surface area contributed by atoms with Crippen LogP contribution in [0.25, 0.3) is 34.3 Å². The minimum absolute atomic E-state index is 0.0400. The van der Waals surface area contributed by atoms with E-state index in [0.717, 1.165) is 21.7 Å². The van der Waals surface area contributed by atoms with Crippen molar-refractivity contribution in [3.63, 3.8) is 0 Å². The average Bonchev–Trinajstić information content (AvgIpc) is 3.39. The fraction of sp³-hybridized carbons (Fsp3) is 0.143. The number of imide groups is 1. The van der Waals surface area contributed by atoms with Gasteiger partial charge >= 0.3 is 0 Å². The topological polar surface area (TPSA) is 83.9 Å². The van der Waals surface area contributed by atoms with Crippen molar-refractivity contribution in [1.29, 1.82) is 5.26 Å². The monoisotopic (exact) mass is 479 g/mol. The molecule has 0 saturated heterocycles. The lowest BCUT2D eigenvalue weighted by Gasteiger charge is -2.26. The standard InChI is InChI=1S/C28H22FN5O2/c1-4-33-27(35)22(17(2)23(16-30)28(33)36)14-21-15-24-26(34(21)20-8-6-5-7-9-20)31-25(32(24)3)18-10-12-19(29)13-11-18/h5-15H,4H2,1-3H3/b22-14-. The van der Waals surface area contributed by atoms with Gasteiger partial charge in [-0.1, -0.05) is 18.2 Å². The number of likely N-dealkylation sites (N-methyl/N-ethyl adjacent to an activating group) is 1. The minimum atomic E-state index is -0.575. The van der Waals surface area contributed by atoms with Gasteiger partial charge in [-0.3, -0.25) is 19.1 Å². The first kappa shape index (κ1) is 23.0. The number of nitriles is 1. The van der Waals surface area contributed by atoms with E-state index in [-0.39, 0.29) is 23.5 Å². The smallest absolute Gasteiger partial charge is 0.271 e. The highest BCUT2D eigenvalue weighted by atomic mass is 19.1. The molecule has 0 spiro atoms. The zero-order valence-corrected chi connectivity index (χ0v) is 20.0. The number of nitrogens with zero attached hydrogens (tertiary/aromatic N) is 5. The van der Waals surface area contributed by atoms with Crippen LogP contribution in [-0.4, -0.2) is 37.4 Å². The highest BCUT2D eigenvalue weighted by molar-refractivity contribution is 6.19. The maximum atomic E-state index is 13.5. The molecule has 2 aromatic heterocycles. The van der Waals surface area contributed by atoms with Crippen molar-refractivity contribution < 1.29 is 14.0 Å². The quantitative estimate of drug-likeness (QED) is 0.311. The van der Waals surface area contributed by atoms with Gasteiger partial charge in [0.15, 0.2) is 5.65 Å². The summed E-state index contributed by atoms with van der Waals surface area (Å²) in [4.78, 5) is 31.8. The molecule has 0 N–H and O–H groups in total. The van der Waals surface area contributed by atoms with Gasteiger partial charge in [-0.2, -0.15) is 5.26 Å². The van der Waals surface area contributed by atoms with Crippen LogP contribution in [0.2, 0.25) is 0 Å². The number of aromatic nitrogens is 3. The maximum absolute atomic E-state index is 13.5. The molecular formula is C28H22FN5O2. The summed E-state index contributed by atoms with van der Waals surface area (Å²) in [5.74, 6) is -0.668. The number of carbonyl (C=O) groups is 2. The molecule has 8 heteroatoms. The van der Waals surface area contributed by atoms with Crippen LogP contribution in [0, 0.1) is 17.1 Å². The summed E-state index contributed by atoms with van der Waals surface area (Å²) < 4.78 is 17.3. The number of rotatable bonds is 4. The third kappa shape index (κ3) is 3.53. The zero-order chi connectivity index (χ0) is 25.6. The van der Waals surface area contributed by atoms with Crippen LogP contribution in [0.1, 0.15) is 19.5 Å². The molecule has 4 aromatic rings. The summed E-state index contributed by atoms with van der Waals surface area (Å²) in [6.07, 6.45) is 1.70. The number of carbonyl (C=O) groups excluding carboxylic acids is 2. The molecule has 0 saturated carbocycles. The predicted molar refractivity (Wildman–Crippen MR) is 134 cm³/mol. The van der Waals surface area contributed by atoms with Gasteiger partial charge in [0, 0.05) is 30.4 Å². The number of imidazole rings is 1. The molecule has 7 nitrogen and oxygen atoms in total. The number of para-hydroxylation sites is 1. The number of halogens is 1. The molecule has 178 valence electrons. The first-order valence-electron chi connectivity index (χ1n) is 11.4. The lowest BCUT2D eigenvalue weighted by molar-refractivity contribution is -0.140. The molecule has 0 fully saturated rings. The average molecular weight is 480 g/mol. The third-order valence-electron chi connectivity index (χ3n) is 6.43. The molecule has 0 aliphatic carbocycles. The largest absolute Gasteiger partial charge is 0.326 e. The molecule has 3 heterocycles. The molecule has 5 rings (SSSR count). The first-order valence-corrected chi connectivity index (χ1v) is 11.4. The highest BCUT2D eigenvalue weighted by Gasteiger charge is 2.34. The molecule has 0 bridgehead atoms. The van der Waals surface area contributed by atoms with Crippen molar-refractivity contribution in [3.05, 3.63) is 88.9 Å². The lowest BCUT2D eigenvalue weighted by Crippen LogP contribution is -2.42. The highest BCUT2D eigenvalue weighted by Crippen LogP contribution is 2.32. The normalized spacial score (nSPS) is 15.3. The van der Waals surface area contributed by atoms with Gasteiger partial charge in [-0.25, -0.2) is 9.37 Å². The molecule has 1 aliphatic rings. The van der Waals surface area contributed by atoms with Gasteiger partial charge in [0.2, 0.25) is 0 Å². The van der Waals surface area contributed by atoms with E-state index in [4.69, 9.17) is 4.98 Å². The number of aryl methyl sites for hydroxylation is 1. The van der Waals surface area contributed by atoms with Crippen molar-refractivity contribution >= 4 is 29.1 Å².